The number of phenolic OH excluding ortho intramolecular Hbond substituents is 2. The molecule has 1 heterocycles. The van der Waals surface area contributed by atoms with Gasteiger partial charge in [-0.1, -0.05) is 6.07 Å². The van der Waals surface area contributed by atoms with E-state index >= 15 is 0 Å². The summed E-state index contributed by atoms with van der Waals surface area (Å²) in [5.41, 5.74) is 0.480. The van der Waals surface area contributed by atoms with Crippen molar-refractivity contribution in [1.29, 1.82) is 0 Å². The van der Waals surface area contributed by atoms with E-state index < -0.39 is 41.9 Å². The number of benzene rings is 2. The number of hydrogen-bond donors (Lipinski definition) is 4. The van der Waals surface area contributed by atoms with Crippen molar-refractivity contribution in [2.24, 2.45) is 5.92 Å². The number of ether oxygens (including phenoxy) is 1. The van der Waals surface area contributed by atoms with Gasteiger partial charge in [0, 0.05) is 0 Å². The van der Waals surface area contributed by atoms with Crippen molar-refractivity contribution in [2.45, 2.75) is 61.5 Å². The number of aliphatic hydroxyl groups excluding tert-OH is 2. The second kappa shape index (κ2) is 9.42. The number of hydrogen-bond acceptors (Lipinski definition) is 8. The number of aromatic hydroxyl groups is 2. The Morgan fingerprint density at radius 3 is 2.25 bits per heavy atom. The van der Waals surface area contributed by atoms with E-state index in [1.165, 1.54) is 29.0 Å². The quantitative estimate of drug-likeness (QED) is 0.280. The van der Waals surface area contributed by atoms with Gasteiger partial charge >= 0.3 is 211 Å². The average Bonchev–Trinajstić information content (AvgIpc) is 2.87. The van der Waals surface area contributed by atoms with Gasteiger partial charge in [0.2, 0.25) is 0 Å². The Kier molecular flexibility index (Phi) is 6.58. The predicted molar refractivity (Wildman–Crippen MR) is 132 cm³/mol. The van der Waals surface area contributed by atoms with Crippen molar-refractivity contribution in [3.05, 3.63) is 57.6 Å². The molecule has 0 radical (unpaired) electrons. The Morgan fingerprint density at radius 2 is 1.67 bits per heavy atom. The summed E-state index contributed by atoms with van der Waals surface area (Å²) in [6.07, 6.45) is 0.116. The van der Waals surface area contributed by atoms with Gasteiger partial charge in [-0.05, 0) is 0 Å². The Balaban J connectivity index is 1.63. The van der Waals surface area contributed by atoms with Crippen LogP contribution in [0.3, 0.4) is 0 Å². The number of ketones is 3. The van der Waals surface area contributed by atoms with Crippen LogP contribution in [0.25, 0.3) is 0 Å². The van der Waals surface area contributed by atoms with E-state index in [9.17, 15) is 34.8 Å². The number of fused-ring (bicyclic) bond motifs is 3. The SMILES string of the molecule is C[C@H]1O[C@@H](CC2CC(C(=O)CO)Cc3c(O)c4c(c(O)c32)C(=O)c2ccccc2C4=O)C[C@H]([AsH2])[C@H]1O. The molecular weight excluding hydrogens is 527 g/mol. The molecule has 8 nitrogen and oxygen atoms in total. The van der Waals surface area contributed by atoms with Crippen LogP contribution in [-0.2, 0) is 16.0 Å². The number of rotatable bonds is 4. The molecule has 190 valence electrons. The van der Waals surface area contributed by atoms with E-state index in [0.29, 0.717) is 24.8 Å². The van der Waals surface area contributed by atoms with Gasteiger partial charge in [0.1, 0.15) is 0 Å². The molecule has 2 aromatic rings. The molecule has 7 atom stereocenters. The molecule has 2 aliphatic carbocycles. The van der Waals surface area contributed by atoms with Crippen LogP contribution in [0, 0.1) is 5.92 Å². The molecule has 1 fully saturated rings. The fourth-order valence-electron chi connectivity index (χ4n) is 6.11. The van der Waals surface area contributed by atoms with Crippen LogP contribution in [0.1, 0.15) is 75.1 Å². The van der Waals surface area contributed by atoms with Gasteiger partial charge in [0.05, 0.1) is 0 Å². The molecular formula is C27H29AsO8. The zero-order valence-electron chi connectivity index (χ0n) is 19.8. The first-order valence-corrected chi connectivity index (χ1v) is 13.6. The van der Waals surface area contributed by atoms with Crippen molar-refractivity contribution < 1.29 is 39.5 Å². The van der Waals surface area contributed by atoms with Gasteiger partial charge in [0.25, 0.3) is 0 Å². The van der Waals surface area contributed by atoms with Crippen LogP contribution in [0.2, 0.25) is 4.71 Å². The monoisotopic (exact) mass is 556 g/mol. The molecule has 4 N–H and O–H groups in total. The topological polar surface area (TPSA) is 141 Å². The van der Waals surface area contributed by atoms with Gasteiger partial charge < -0.3 is 0 Å². The molecule has 1 saturated heterocycles. The van der Waals surface area contributed by atoms with Gasteiger partial charge in [-0.25, -0.2) is 0 Å². The summed E-state index contributed by atoms with van der Waals surface area (Å²) in [6.45, 7) is 1.15. The summed E-state index contributed by atoms with van der Waals surface area (Å²) >= 11 is 1.42. The van der Waals surface area contributed by atoms with Crippen LogP contribution in [0.4, 0.5) is 0 Å². The molecule has 9 heteroatoms. The van der Waals surface area contributed by atoms with E-state index in [0.717, 1.165) is 0 Å². The third kappa shape index (κ3) is 3.91. The molecule has 0 aromatic heterocycles. The minimum absolute atomic E-state index is 0.0428. The second-order valence-corrected chi connectivity index (χ2v) is 11.9. The molecule has 3 unspecified atom stereocenters. The zero-order chi connectivity index (χ0) is 25.9. The van der Waals surface area contributed by atoms with E-state index in [2.05, 4.69) is 0 Å². The fourth-order valence-corrected chi connectivity index (χ4v) is 7.40. The minimum atomic E-state index is -0.655. The van der Waals surface area contributed by atoms with Crippen LogP contribution in [0.5, 0.6) is 11.5 Å². The third-order valence-electron chi connectivity index (χ3n) is 7.91. The molecule has 0 bridgehead atoms. The normalized spacial score (nSPS) is 29.3. The summed E-state index contributed by atoms with van der Waals surface area (Å²) in [7, 11) is 0. The average molecular weight is 556 g/mol. The van der Waals surface area contributed by atoms with Crippen molar-refractivity contribution in [3.8, 4) is 11.5 Å². The molecule has 0 saturated carbocycles. The van der Waals surface area contributed by atoms with Crippen molar-refractivity contribution in [3.63, 3.8) is 0 Å². The maximum atomic E-state index is 13.4. The fraction of sp³-hybridized carbons (Fsp3) is 0.444. The molecule has 0 spiro atoms. The van der Waals surface area contributed by atoms with E-state index in [-0.39, 0.29) is 62.7 Å². The van der Waals surface area contributed by atoms with Crippen LogP contribution in [-0.4, -0.2) is 79.5 Å². The first kappa shape index (κ1) is 25.2. The summed E-state index contributed by atoms with van der Waals surface area (Å²) < 4.78 is 6.08. The molecule has 36 heavy (non-hydrogen) atoms. The summed E-state index contributed by atoms with van der Waals surface area (Å²) in [4.78, 5) is 39.3. The standard InChI is InChI=1S/C27H29AsO8/c1-11-23(31)18(28)9-14(36-11)7-13-6-12(19(30)10-29)8-17-20(13)27(35)22-21(26(17)34)24(32)15-4-2-3-5-16(15)25(22)33/h2-5,11-14,18,23,29,31,34-35H,6-10,28H2,1H3/t11-,12?,13?,14+,18+,23+/m1/s1. The van der Waals surface area contributed by atoms with Gasteiger partial charge in [0.15, 0.2) is 0 Å². The Bertz CT molecular complexity index is 1260. The zero-order valence-corrected chi connectivity index (χ0v) is 22.2. The number of phenols is 2. The van der Waals surface area contributed by atoms with Crippen molar-refractivity contribution >= 4 is 34.2 Å². The molecule has 3 aliphatic rings. The van der Waals surface area contributed by atoms with Crippen LogP contribution in [0.15, 0.2) is 24.3 Å². The molecule has 0 amide bonds. The maximum absolute atomic E-state index is 13.4. The van der Waals surface area contributed by atoms with Gasteiger partial charge in [-0.2, -0.15) is 0 Å². The van der Waals surface area contributed by atoms with Crippen molar-refractivity contribution in [1.82, 2.24) is 0 Å². The first-order valence-electron chi connectivity index (χ1n) is 12.2. The number of aliphatic hydroxyl groups is 2. The van der Waals surface area contributed by atoms with E-state index in [1.54, 1.807) is 19.1 Å². The van der Waals surface area contributed by atoms with E-state index in [1.807, 2.05) is 0 Å². The van der Waals surface area contributed by atoms with Gasteiger partial charge in [-0.3, -0.25) is 0 Å². The second-order valence-electron chi connectivity index (χ2n) is 10.1. The Hall–Kier alpha value is -2.51. The van der Waals surface area contributed by atoms with Crippen LogP contribution < -0.4 is 0 Å². The van der Waals surface area contributed by atoms with E-state index in [4.69, 9.17) is 4.74 Å². The van der Waals surface area contributed by atoms with Crippen molar-refractivity contribution in [2.75, 3.05) is 6.61 Å². The Labute approximate surface area is 216 Å². The predicted octanol–water partition coefficient (Wildman–Crippen LogP) is 1.43. The summed E-state index contributed by atoms with van der Waals surface area (Å²) in [5.74, 6) is -3.30. The number of carbonyl (C=O) groups is 3. The first-order chi connectivity index (χ1) is 17.1. The molecule has 1 aliphatic heterocycles. The third-order valence-corrected chi connectivity index (χ3v) is 9.31. The Morgan fingerprint density at radius 1 is 1.06 bits per heavy atom. The number of carbonyl (C=O) groups excluding carboxylic acids is 3. The number of Topliss-reactive ketones (excluding diaryl/α,β-unsaturated/α-hetero) is 1. The van der Waals surface area contributed by atoms with Crippen LogP contribution >= 0.6 is 0 Å². The van der Waals surface area contributed by atoms with Gasteiger partial charge in [-0.15, -0.1) is 0 Å². The summed E-state index contributed by atoms with van der Waals surface area (Å²) in [5, 5.41) is 42.6. The molecule has 2 aromatic carbocycles. The molecule has 5 rings (SSSR count). The summed E-state index contributed by atoms with van der Waals surface area (Å²) in [6, 6.07) is 6.29.